The van der Waals surface area contributed by atoms with Gasteiger partial charge in [-0.15, -0.1) is 0 Å². The molecule has 3 aliphatic carbocycles. The molecule has 0 aromatic heterocycles. The predicted octanol–water partition coefficient (Wildman–Crippen LogP) is 2.55. The van der Waals surface area contributed by atoms with Crippen molar-refractivity contribution in [2.75, 3.05) is 0 Å². The average molecular weight is 254 g/mol. The highest BCUT2D eigenvalue weighted by Crippen LogP contribution is 2.54. The van der Waals surface area contributed by atoms with Crippen molar-refractivity contribution in [2.24, 2.45) is 23.7 Å². The quantitative estimate of drug-likeness (QED) is 0.840. The zero-order valence-electron chi connectivity index (χ0n) is 10.7. The van der Waals surface area contributed by atoms with Gasteiger partial charge in [-0.3, -0.25) is 0 Å². The largest absolute Gasteiger partial charge is 0.389 e. The van der Waals surface area contributed by atoms with Crippen molar-refractivity contribution in [2.45, 2.75) is 18.8 Å². The van der Waals surface area contributed by atoms with E-state index in [4.69, 9.17) is 4.74 Å². The second-order valence-electron chi connectivity index (χ2n) is 5.83. The van der Waals surface area contributed by atoms with E-state index < -0.39 is 0 Å². The Hall–Kier alpha value is -1.38. The van der Waals surface area contributed by atoms with Crippen LogP contribution in [-0.4, -0.2) is 17.3 Å². The summed E-state index contributed by atoms with van der Waals surface area (Å²) in [6.45, 7) is 0.666. The first-order chi connectivity index (χ1) is 9.34. The molecule has 2 nitrogen and oxygen atoms in total. The van der Waals surface area contributed by atoms with Gasteiger partial charge in [0.2, 0.25) is 0 Å². The van der Waals surface area contributed by atoms with Gasteiger partial charge in [-0.2, -0.15) is 0 Å². The van der Waals surface area contributed by atoms with Gasteiger partial charge in [0.05, 0.1) is 18.8 Å². The Morgan fingerprint density at radius 1 is 0.895 bits per heavy atom. The van der Waals surface area contributed by atoms with Crippen molar-refractivity contribution in [3.63, 3.8) is 0 Å². The van der Waals surface area contributed by atoms with E-state index in [-0.39, 0.29) is 12.2 Å². The van der Waals surface area contributed by atoms with Crippen molar-refractivity contribution in [3.8, 4) is 0 Å². The summed E-state index contributed by atoms with van der Waals surface area (Å²) in [4.78, 5) is 0. The Labute approximate surface area is 113 Å². The molecule has 0 unspecified atom stereocenters. The second kappa shape index (κ2) is 4.32. The number of aliphatic hydroxyl groups excluding tert-OH is 1. The highest BCUT2D eigenvalue weighted by atomic mass is 16.5. The minimum atomic E-state index is -0.284. The molecule has 0 spiro atoms. The number of rotatable bonds is 3. The number of aliphatic hydroxyl groups is 1. The van der Waals surface area contributed by atoms with Crippen LogP contribution in [0.15, 0.2) is 54.6 Å². The minimum absolute atomic E-state index is 0.245. The molecule has 2 bridgehead atoms. The smallest absolute Gasteiger partial charge is 0.0761 e. The Morgan fingerprint density at radius 2 is 1.63 bits per heavy atom. The van der Waals surface area contributed by atoms with E-state index in [1.165, 1.54) is 5.56 Å². The van der Waals surface area contributed by atoms with Gasteiger partial charge in [0.15, 0.2) is 0 Å². The zero-order chi connectivity index (χ0) is 12.8. The van der Waals surface area contributed by atoms with Gasteiger partial charge in [0.25, 0.3) is 0 Å². The van der Waals surface area contributed by atoms with Crippen molar-refractivity contribution in [3.05, 3.63) is 60.2 Å². The lowest BCUT2D eigenvalue weighted by molar-refractivity contribution is 0.00611. The van der Waals surface area contributed by atoms with Crippen LogP contribution in [0.1, 0.15) is 5.56 Å². The van der Waals surface area contributed by atoms with Gasteiger partial charge < -0.3 is 9.84 Å². The highest BCUT2D eigenvalue weighted by Gasteiger charge is 2.55. The maximum atomic E-state index is 10.0. The lowest BCUT2D eigenvalue weighted by Gasteiger charge is -2.22. The lowest BCUT2D eigenvalue weighted by atomic mass is 9.84. The van der Waals surface area contributed by atoms with Crippen LogP contribution in [0.25, 0.3) is 0 Å². The monoisotopic (exact) mass is 254 g/mol. The summed E-state index contributed by atoms with van der Waals surface area (Å²) >= 11 is 0. The van der Waals surface area contributed by atoms with Crippen LogP contribution >= 0.6 is 0 Å². The molecule has 6 atom stereocenters. The van der Waals surface area contributed by atoms with Gasteiger partial charge in [0, 0.05) is 17.8 Å². The molecule has 98 valence electrons. The standard InChI is InChI=1S/C17H18O2/c18-15-9-8-12-13-6-7-14(16(12)15)17(13)19-10-11-4-2-1-3-5-11/h1-9,12-18H,10H2/t12-,13+,14-,15+,16-,17-/m0/s1. The maximum Gasteiger partial charge on any atom is 0.0761 e. The Kier molecular flexibility index (Phi) is 2.61. The molecule has 3 aliphatic rings. The Balaban J connectivity index is 1.48. The van der Waals surface area contributed by atoms with Crippen molar-refractivity contribution >= 4 is 0 Å². The summed E-state index contributed by atoms with van der Waals surface area (Å²) in [5, 5.41) is 10.0. The second-order valence-corrected chi connectivity index (χ2v) is 5.83. The van der Waals surface area contributed by atoms with Gasteiger partial charge in [-0.25, -0.2) is 0 Å². The summed E-state index contributed by atoms with van der Waals surface area (Å²) in [5.41, 5.74) is 1.22. The predicted molar refractivity (Wildman–Crippen MR) is 73.3 cm³/mol. The zero-order valence-corrected chi connectivity index (χ0v) is 10.7. The number of benzene rings is 1. The van der Waals surface area contributed by atoms with Crippen LogP contribution in [0.3, 0.4) is 0 Å². The fourth-order valence-electron chi connectivity index (χ4n) is 4.01. The van der Waals surface area contributed by atoms with E-state index in [0.717, 1.165) is 0 Å². The molecule has 0 saturated heterocycles. The van der Waals surface area contributed by atoms with Crippen LogP contribution in [0, 0.1) is 23.7 Å². The lowest BCUT2D eigenvalue weighted by Crippen LogP contribution is -2.26. The molecule has 0 radical (unpaired) electrons. The molecule has 19 heavy (non-hydrogen) atoms. The molecule has 1 fully saturated rings. The number of hydrogen-bond donors (Lipinski definition) is 1. The van der Waals surface area contributed by atoms with E-state index in [1.54, 1.807) is 0 Å². The third kappa shape index (κ3) is 1.71. The Morgan fingerprint density at radius 3 is 2.42 bits per heavy atom. The Bertz CT molecular complexity index is 519. The number of hydrogen-bond acceptors (Lipinski definition) is 2. The van der Waals surface area contributed by atoms with Gasteiger partial charge in [0.1, 0.15) is 0 Å². The molecule has 1 aromatic carbocycles. The van der Waals surface area contributed by atoms with E-state index >= 15 is 0 Å². The molecule has 1 aromatic rings. The fourth-order valence-corrected chi connectivity index (χ4v) is 4.01. The first-order valence-corrected chi connectivity index (χ1v) is 7.05. The average Bonchev–Trinajstić information content (AvgIpc) is 3.10. The number of allylic oxidation sites excluding steroid dienone is 1. The molecule has 0 aliphatic heterocycles. The van der Waals surface area contributed by atoms with E-state index in [0.29, 0.717) is 30.3 Å². The summed E-state index contributed by atoms with van der Waals surface area (Å²) in [7, 11) is 0. The molecular formula is C17H18O2. The normalized spacial score (nSPS) is 41.9. The van der Waals surface area contributed by atoms with Crippen molar-refractivity contribution in [1.82, 2.24) is 0 Å². The van der Waals surface area contributed by atoms with Gasteiger partial charge in [-0.05, 0) is 11.5 Å². The van der Waals surface area contributed by atoms with Crippen molar-refractivity contribution in [1.29, 1.82) is 0 Å². The summed E-state index contributed by atoms with van der Waals surface area (Å²) in [6, 6.07) is 10.3. The van der Waals surface area contributed by atoms with Gasteiger partial charge >= 0.3 is 0 Å². The third-order valence-corrected chi connectivity index (χ3v) is 4.86. The molecule has 1 saturated carbocycles. The molecule has 0 amide bonds. The first-order valence-electron chi connectivity index (χ1n) is 7.05. The molecule has 1 N–H and O–H groups in total. The summed E-state index contributed by atoms with van der Waals surface area (Å²) in [5.74, 6) is 1.65. The van der Waals surface area contributed by atoms with Crippen LogP contribution in [-0.2, 0) is 11.3 Å². The molecule has 2 heteroatoms. The van der Waals surface area contributed by atoms with Crippen LogP contribution < -0.4 is 0 Å². The highest BCUT2D eigenvalue weighted by molar-refractivity contribution is 5.28. The summed E-state index contributed by atoms with van der Waals surface area (Å²) < 4.78 is 6.15. The van der Waals surface area contributed by atoms with Gasteiger partial charge in [-0.1, -0.05) is 54.6 Å². The minimum Gasteiger partial charge on any atom is -0.389 e. The molecular weight excluding hydrogens is 236 g/mol. The van der Waals surface area contributed by atoms with E-state index in [2.05, 4.69) is 30.4 Å². The first kappa shape index (κ1) is 11.4. The maximum absolute atomic E-state index is 10.0. The number of fused-ring (bicyclic) bond motifs is 5. The van der Waals surface area contributed by atoms with E-state index in [1.807, 2.05) is 24.3 Å². The topological polar surface area (TPSA) is 29.5 Å². The molecule has 0 heterocycles. The third-order valence-electron chi connectivity index (χ3n) is 4.86. The molecule has 4 rings (SSSR count). The summed E-state index contributed by atoms with van der Waals surface area (Å²) in [6.07, 6.45) is 8.63. The van der Waals surface area contributed by atoms with Crippen LogP contribution in [0.2, 0.25) is 0 Å². The SMILES string of the molecule is O[C@@H]1C=C[C@H]2[C@H]3C=C[C@H]([C@H]3OCc3ccccc3)[C@H]21. The van der Waals surface area contributed by atoms with Crippen molar-refractivity contribution < 1.29 is 9.84 Å². The number of ether oxygens (including phenoxy) is 1. The van der Waals surface area contributed by atoms with Crippen LogP contribution in [0.5, 0.6) is 0 Å². The van der Waals surface area contributed by atoms with E-state index in [9.17, 15) is 5.11 Å². The fraction of sp³-hybridized carbons (Fsp3) is 0.412. The van der Waals surface area contributed by atoms with Crippen LogP contribution in [0.4, 0.5) is 0 Å².